The van der Waals surface area contributed by atoms with Gasteiger partial charge in [0.05, 0.1) is 13.2 Å². The molecule has 1 aliphatic carbocycles. The fourth-order valence-electron chi connectivity index (χ4n) is 2.87. The first-order valence-corrected chi connectivity index (χ1v) is 7.15. The van der Waals surface area contributed by atoms with Crippen LogP contribution in [0.1, 0.15) is 38.7 Å². The highest BCUT2D eigenvalue weighted by Gasteiger charge is 2.38. The molecular weight excluding hydrogens is 238 g/mol. The summed E-state index contributed by atoms with van der Waals surface area (Å²) in [4.78, 5) is 0. The van der Waals surface area contributed by atoms with Gasteiger partial charge in [-0.25, -0.2) is 0 Å². The van der Waals surface area contributed by atoms with E-state index in [1.165, 1.54) is 24.8 Å². The van der Waals surface area contributed by atoms with Gasteiger partial charge in [-0.05, 0) is 30.5 Å². The quantitative estimate of drug-likeness (QED) is 0.890. The summed E-state index contributed by atoms with van der Waals surface area (Å²) < 4.78 is 11.8. The molecule has 1 fully saturated rings. The molecule has 1 saturated carbocycles. The minimum Gasteiger partial charge on any atom is -0.489 e. The number of benzene rings is 1. The maximum Gasteiger partial charge on any atom is 0.161 e. The van der Waals surface area contributed by atoms with Crippen LogP contribution in [0.2, 0.25) is 0 Å². The third kappa shape index (κ3) is 2.20. The Hall–Kier alpha value is -1.22. The Bertz CT molecular complexity index is 472. The van der Waals surface area contributed by atoms with Crippen LogP contribution >= 0.6 is 0 Å². The molecule has 3 nitrogen and oxygen atoms in total. The zero-order valence-corrected chi connectivity index (χ0v) is 11.9. The van der Waals surface area contributed by atoms with E-state index in [2.05, 4.69) is 26.0 Å². The molecule has 1 aliphatic heterocycles. The fourth-order valence-corrected chi connectivity index (χ4v) is 2.87. The lowest BCUT2D eigenvalue weighted by Crippen LogP contribution is -2.41. The summed E-state index contributed by atoms with van der Waals surface area (Å²) in [6.07, 6.45) is 3.65. The highest BCUT2D eigenvalue weighted by atomic mass is 16.5. The average molecular weight is 261 g/mol. The fraction of sp³-hybridized carbons (Fsp3) is 0.625. The van der Waals surface area contributed by atoms with Crippen molar-refractivity contribution in [3.8, 4) is 11.5 Å². The van der Waals surface area contributed by atoms with Crippen molar-refractivity contribution in [2.75, 3.05) is 19.8 Å². The Balaban J connectivity index is 1.90. The highest BCUT2D eigenvalue weighted by Crippen LogP contribution is 2.45. The molecule has 2 aliphatic rings. The normalized spacial score (nSPS) is 23.3. The third-order valence-electron chi connectivity index (χ3n) is 4.49. The van der Waals surface area contributed by atoms with E-state index in [9.17, 15) is 0 Å². The zero-order valence-electron chi connectivity index (χ0n) is 11.9. The van der Waals surface area contributed by atoms with Crippen LogP contribution < -0.4 is 15.2 Å². The van der Waals surface area contributed by atoms with Crippen LogP contribution in [0, 0.1) is 5.41 Å². The van der Waals surface area contributed by atoms with Gasteiger partial charge in [0.1, 0.15) is 0 Å². The van der Waals surface area contributed by atoms with E-state index < -0.39 is 0 Å². The van der Waals surface area contributed by atoms with Crippen molar-refractivity contribution in [2.45, 2.75) is 38.5 Å². The van der Waals surface area contributed by atoms with Crippen molar-refractivity contribution >= 4 is 0 Å². The maximum atomic E-state index is 5.98. The summed E-state index contributed by atoms with van der Waals surface area (Å²) in [5.41, 5.74) is 7.52. The second kappa shape index (κ2) is 4.41. The van der Waals surface area contributed by atoms with Gasteiger partial charge in [-0.3, -0.25) is 0 Å². The molecule has 104 valence electrons. The van der Waals surface area contributed by atoms with Crippen LogP contribution in [0.3, 0.4) is 0 Å². The molecule has 19 heavy (non-hydrogen) atoms. The number of rotatable bonds is 2. The van der Waals surface area contributed by atoms with E-state index in [0.29, 0.717) is 13.2 Å². The topological polar surface area (TPSA) is 44.5 Å². The van der Waals surface area contributed by atoms with Crippen LogP contribution in [-0.4, -0.2) is 19.8 Å². The van der Waals surface area contributed by atoms with Gasteiger partial charge in [-0.2, -0.15) is 0 Å². The summed E-state index contributed by atoms with van der Waals surface area (Å²) >= 11 is 0. The first kappa shape index (κ1) is 12.8. The van der Waals surface area contributed by atoms with Gasteiger partial charge < -0.3 is 15.2 Å². The molecule has 1 aromatic rings. The molecule has 0 atom stereocenters. The van der Waals surface area contributed by atoms with E-state index in [1.807, 2.05) is 6.07 Å². The maximum absolute atomic E-state index is 5.98. The lowest BCUT2D eigenvalue weighted by Gasteiger charge is -2.41. The van der Waals surface area contributed by atoms with Crippen LogP contribution in [0.25, 0.3) is 0 Å². The Labute approximate surface area is 115 Å². The van der Waals surface area contributed by atoms with Crippen molar-refractivity contribution in [1.82, 2.24) is 0 Å². The summed E-state index contributed by atoms with van der Waals surface area (Å²) in [5.74, 6) is 1.74. The number of ether oxygens (including phenoxy) is 2. The molecule has 1 heterocycles. The van der Waals surface area contributed by atoms with E-state index in [-0.39, 0.29) is 10.8 Å². The molecule has 0 spiro atoms. The van der Waals surface area contributed by atoms with Crippen molar-refractivity contribution in [3.63, 3.8) is 0 Å². The Morgan fingerprint density at radius 3 is 2.37 bits per heavy atom. The highest BCUT2D eigenvalue weighted by molar-refractivity contribution is 5.46. The van der Waals surface area contributed by atoms with E-state index in [4.69, 9.17) is 15.2 Å². The molecule has 0 bridgehead atoms. The molecule has 2 N–H and O–H groups in total. The van der Waals surface area contributed by atoms with Crippen LogP contribution in [-0.2, 0) is 5.41 Å². The molecule has 0 radical (unpaired) electrons. The molecule has 0 unspecified atom stereocenters. The lowest BCUT2D eigenvalue weighted by molar-refractivity contribution is 0.140. The third-order valence-corrected chi connectivity index (χ3v) is 4.49. The minimum absolute atomic E-state index is 0.0568. The summed E-state index contributed by atoms with van der Waals surface area (Å²) in [5, 5.41) is 0. The predicted molar refractivity (Wildman–Crippen MR) is 75.8 cm³/mol. The SMILES string of the molecule is CC1(C)COc2ccc(C3(CN)CCC3)cc2OC1. The van der Waals surface area contributed by atoms with Gasteiger partial charge in [0.25, 0.3) is 0 Å². The van der Waals surface area contributed by atoms with Crippen molar-refractivity contribution < 1.29 is 9.47 Å². The second-order valence-corrected chi connectivity index (χ2v) is 6.74. The van der Waals surface area contributed by atoms with Gasteiger partial charge in [0.15, 0.2) is 11.5 Å². The number of fused-ring (bicyclic) bond motifs is 1. The minimum atomic E-state index is 0.0568. The first-order valence-electron chi connectivity index (χ1n) is 7.15. The lowest BCUT2D eigenvalue weighted by atomic mass is 9.64. The molecule has 1 aromatic carbocycles. The molecule has 3 heteroatoms. The Kier molecular flexibility index (Phi) is 2.97. The molecular formula is C16H23NO2. The van der Waals surface area contributed by atoms with E-state index >= 15 is 0 Å². The van der Waals surface area contributed by atoms with Gasteiger partial charge in [-0.15, -0.1) is 0 Å². The van der Waals surface area contributed by atoms with Gasteiger partial charge in [0, 0.05) is 17.4 Å². The predicted octanol–water partition coefficient (Wildman–Crippen LogP) is 2.86. The monoisotopic (exact) mass is 261 g/mol. The summed E-state index contributed by atoms with van der Waals surface area (Å²) in [7, 11) is 0. The van der Waals surface area contributed by atoms with Crippen molar-refractivity contribution in [2.24, 2.45) is 11.1 Å². The average Bonchev–Trinajstić information content (AvgIpc) is 2.48. The van der Waals surface area contributed by atoms with Crippen LogP contribution in [0.4, 0.5) is 0 Å². The molecule has 0 saturated heterocycles. The Morgan fingerprint density at radius 2 is 1.79 bits per heavy atom. The van der Waals surface area contributed by atoms with E-state index in [0.717, 1.165) is 18.0 Å². The second-order valence-electron chi connectivity index (χ2n) is 6.74. The number of hydrogen-bond acceptors (Lipinski definition) is 3. The Morgan fingerprint density at radius 1 is 1.11 bits per heavy atom. The van der Waals surface area contributed by atoms with E-state index in [1.54, 1.807) is 0 Å². The number of nitrogens with two attached hydrogens (primary N) is 1. The largest absolute Gasteiger partial charge is 0.489 e. The van der Waals surface area contributed by atoms with Crippen LogP contribution in [0.15, 0.2) is 18.2 Å². The summed E-state index contributed by atoms with van der Waals surface area (Å²) in [6, 6.07) is 6.34. The number of hydrogen-bond donors (Lipinski definition) is 1. The van der Waals surface area contributed by atoms with Crippen molar-refractivity contribution in [1.29, 1.82) is 0 Å². The standard InChI is InChI=1S/C16H23NO2/c1-15(2)10-18-13-5-4-12(8-14(13)19-11-15)16(9-17)6-3-7-16/h4-5,8H,3,6-7,9-11,17H2,1-2H3. The zero-order chi connectivity index (χ0) is 13.5. The summed E-state index contributed by atoms with van der Waals surface area (Å²) in [6.45, 7) is 6.43. The molecule has 0 aromatic heterocycles. The van der Waals surface area contributed by atoms with Crippen LogP contribution in [0.5, 0.6) is 11.5 Å². The van der Waals surface area contributed by atoms with Crippen molar-refractivity contribution in [3.05, 3.63) is 23.8 Å². The van der Waals surface area contributed by atoms with Gasteiger partial charge in [-0.1, -0.05) is 26.3 Å². The first-order chi connectivity index (χ1) is 9.05. The molecule has 3 rings (SSSR count). The molecule has 0 amide bonds. The smallest absolute Gasteiger partial charge is 0.161 e. The van der Waals surface area contributed by atoms with Gasteiger partial charge >= 0.3 is 0 Å². The van der Waals surface area contributed by atoms with Gasteiger partial charge in [0.2, 0.25) is 0 Å².